The Kier molecular flexibility index (Phi) is 13.1. The number of halogens is 4. The van der Waals surface area contributed by atoms with Gasteiger partial charge < -0.3 is 20.3 Å². The van der Waals surface area contributed by atoms with Crippen molar-refractivity contribution in [3.05, 3.63) is 110 Å². The molecule has 0 aliphatic rings. The molecule has 12 heteroatoms. The van der Waals surface area contributed by atoms with Crippen LogP contribution in [0.4, 0.5) is 0 Å². The summed E-state index contributed by atoms with van der Waals surface area (Å²) in [6.45, 7) is 0.965. The van der Waals surface area contributed by atoms with Crippen molar-refractivity contribution in [3.63, 3.8) is 0 Å². The fourth-order valence-corrected chi connectivity index (χ4v) is 4.49. The van der Waals surface area contributed by atoms with E-state index in [4.69, 9.17) is 49.8 Å². The molecule has 3 aromatic carbocycles. The van der Waals surface area contributed by atoms with Crippen LogP contribution >= 0.6 is 47.2 Å². The number of ether oxygens (including phenoxy) is 1. The average Bonchev–Trinajstić information content (AvgIpc) is 3.44. The van der Waals surface area contributed by atoms with Crippen molar-refractivity contribution in [2.45, 2.75) is 38.1 Å². The maximum absolute atomic E-state index is 13.2. The zero-order valence-corrected chi connectivity index (χ0v) is 25.6. The molecule has 4 aromatic rings. The zero-order chi connectivity index (χ0) is 29.2. The fraction of sp³-hybridized carbons (Fsp3) is 0.267. The smallest absolute Gasteiger partial charge is 0.251 e. The molecular formula is C30H30Cl4N4O4. The van der Waals surface area contributed by atoms with Gasteiger partial charge in [0, 0.05) is 17.0 Å². The Balaban J connectivity index is 0.00000484. The largest absolute Gasteiger partial charge is 0.493 e. The van der Waals surface area contributed by atoms with Crippen molar-refractivity contribution in [2.75, 3.05) is 13.2 Å². The Morgan fingerprint density at radius 3 is 2.33 bits per heavy atom. The van der Waals surface area contributed by atoms with Crippen LogP contribution in [-0.2, 0) is 12.8 Å². The second-order valence-electron chi connectivity index (χ2n) is 9.36. The number of benzene rings is 3. The van der Waals surface area contributed by atoms with E-state index >= 15 is 0 Å². The molecule has 0 spiro atoms. The molecule has 42 heavy (non-hydrogen) atoms. The summed E-state index contributed by atoms with van der Waals surface area (Å²) in [7, 11) is 0. The third-order valence-electron chi connectivity index (χ3n) is 6.29. The average molecular weight is 652 g/mol. The van der Waals surface area contributed by atoms with Gasteiger partial charge in [-0.25, -0.2) is 0 Å². The quantitative estimate of drug-likeness (QED) is 0.114. The maximum atomic E-state index is 13.2. The molecule has 0 aliphatic heterocycles. The molecule has 4 rings (SSSR count). The molecule has 1 aromatic heterocycles. The number of hydrogen-bond acceptors (Lipinski definition) is 7. The predicted molar refractivity (Wildman–Crippen MR) is 166 cm³/mol. The number of rotatable bonds is 14. The van der Waals surface area contributed by atoms with Crippen LogP contribution in [-0.4, -0.2) is 41.0 Å². The minimum atomic E-state index is -0.824. The minimum Gasteiger partial charge on any atom is -0.493 e. The monoisotopic (exact) mass is 650 g/mol. The molecule has 3 N–H and O–H groups in total. The molecule has 222 valence electrons. The van der Waals surface area contributed by atoms with Gasteiger partial charge in [-0.05, 0) is 85.5 Å². The minimum absolute atomic E-state index is 0. The zero-order valence-electron chi connectivity index (χ0n) is 22.5. The number of carbonyl (C=O) groups is 2. The fourth-order valence-electron chi connectivity index (χ4n) is 4.05. The van der Waals surface area contributed by atoms with E-state index < -0.39 is 17.7 Å². The Morgan fingerprint density at radius 1 is 0.929 bits per heavy atom. The Morgan fingerprint density at radius 2 is 1.64 bits per heavy atom. The highest BCUT2D eigenvalue weighted by atomic mass is 35.5. The van der Waals surface area contributed by atoms with Gasteiger partial charge in [0.25, 0.3) is 5.91 Å². The molecule has 0 radical (unpaired) electrons. The molecular weight excluding hydrogens is 622 g/mol. The molecule has 0 fully saturated rings. The van der Waals surface area contributed by atoms with Crippen molar-refractivity contribution in [1.82, 2.24) is 15.5 Å². The first-order valence-electron chi connectivity index (χ1n) is 13.1. The van der Waals surface area contributed by atoms with Crippen LogP contribution in [0.1, 0.15) is 57.3 Å². The van der Waals surface area contributed by atoms with Crippen LogP contribution < -0.4 is 15.8 Å². The van der Waals surface area contributed by atoms with Crippen molar-refractivity contribution in [1.29, 1.82) is 0 Å². The van der Waals surface area contributed by atoms with Crippen LogP contribution in [0.3, 0.4) is 0 Å². The van der Waals surface area contributed by atoms with E-state index in [0.717, 1.165) is 11.1 Å². The molecule has 1 heterocycles. The van der Waals surface area contributed by atoms with Gasteiger partial charge in [0.05, 0.1) is 29.1 Å². The third kappa shape index (κ3) is 9.71. The number of nitrogens with zero attached hydrogens (tertiary/aromatic N) is 2. The highest BCUT2D eigenvalue weighted by Crippen LogP contribution is 2.23. The second-order valence-corrected chi connectivity index (χ2v) is 10.6. The van der Waals surface area contributed by atoms with Crippen LogP contribution in [0.15, 0.2) is 71.3 Å². The lowest BCUT2D eigenvalue weighted by atomic mass is 10.0. The molecule has 0 saturated heterocycles. The van der Waals surface area contributed by atoms with E-state index in [1.54, 1.807) is 30.3 Å². The van der Waals surface area contributed by atoms with E-state index in [1.165, 1.54) is 0 Å². The van der Waals surface area contributed by atoms with Crippen molar-refractivity contribution >= 4 is 58.9 Å². The van der Waals surface area contributed by atoms with Gasteiger partial charge >= 0.3 is 0 Å². The van der Waals surface area contributed by atoms with E-state index in [9.17, 15) is 9.59 Å². The summed E-state index contributed by atoms with van der Waals surface area (Å²) in [5.41, 5.74) is 7.94. The Labute approximate surface area is 265 Å². The van der Waals surface area contributed by atoms with Gasteiger partial charge in [0.15, 0.2) is 0 Å². The lowest BCUT2D eigenvalue weighted by Gasteiger charge is -2.16. The summed E-state index contributed by atoms with van der Waals surface area (Å²) in [5.74, 6) is 0.0931. The number of nitrogens with one attached hydrogen (secondary N) is 1. The highest BCUT2D eigenvalue weighted by molar-refractivity contribution is 6.42. The van der Waals surface area contributed by atoms with Crippen LogP contribution in [0.25, 0.3) is 0 Å². The van der Waals surface area contributed by atoms with Crippen molar-refractivity contribution in [3.8, 4) is 5.75 Å². The number of carbonyl (C=O) groups excluding carboxylic acids is 2. The molecule has 1 atom stereocenters. The summed E-state index contributed by atoms with van der Waals surface area (Å²) >= 11 is 17.9. The van der Waals surface area contributed by atoms with E-state index in [0.29, 0.717) is 71.6 Å². The van der Waals surface area contributed by atoms with E-state index in [1.807, 2.05) is 36.4 Å². The summed E-state index contributed by atoms with van der Waals surface area (Å²) in [4.78, 5) is 30.3. The first-order chi connectivity index (χ1) is 19.8. The summed E-state index contributed by atoms with van der Waals surface area (Å²) < 4.78 is 11.2. The predicted octanol–water partition coefficient (Wildman–Crippen LogP) is 6.77. The number of ketones is 1. The van der Waals surface area contributed by atoms with Crippen LogP contribution in [0.5, 0.6) is 5.75 Å². The van der Waals surface area contributed by atoms with Crippen molar-refractivity contribution < 1.29 is 18.8 Å². The van der Waals surface area contributed by atoms with Crippen molar-refractivity contribution in [2.24, 2.45) is 5.73 Å². The van der Waals surface area contributed by atoms with Gasteiger partial charge in [-0.1, -0.05) is 58.2 Å². The van der Waals surface area contributed by atoms with E-state index in [-0.39, 0.29) is 24.1 Å². The van der Waals surface area contributed by atoms with Crippen LogP contribution in [0.2, 0.25) is 15.1 Å². The first-order valence-corrected chi connectivity index (χ1v) is 14.2. The number of hydrogen-bond donors (Lipinski definition) is 2. The Bertz CT molecular complexity index is 1460. The van der Waals surface area contributed by atoms with Gasteiger partial charge in [-0.3, -0.25) is 9.59 Å². The molecule has 0 unspecified atom stereocenters. The third-order valence-corrected chi connectivity index (χ3v) is 7.28. The normalized spacial score (nSPS) is 11.4. The number of Topliss-reactive ketones (excluding diaryl/α,β-unsaturated/α-hetero) is 1. The van der Waals surface area contributed by atoms with E-state index in [2.05, 4.69) is 15.5 Å². The molecule has 8 nitrogen and oxygen atoms in total. The van der Waals surface area contributed by atoms with Gasteiger partial charge in [0.2, 0.25) is 17.5 Å². The molecule has 0 saturated carbocycles. The first kappa shape index (κ1) is 33.4. The number of nitrogens with two attached hydrogens (primary N) is 1. The molecule has 1 amide bonds. The number of unbranched alkanes of at least 4 members (excludes halogenated alkanes) is 1. The van der Waals surface area contributed by atoms with Crippen LogP contribution in [0, 0.1) is 0 Å². The maximum Gasteiger partial charge on any atom is 0.251 e. The number of amides is 1. The topological polar surface area (TPSA) is 120 Å². The summed E-state index contributed by atoms with van der Waals surface area (Å²) in [6, 6.07) is 18.6. The number of aromatic nitrogens is 2. The van der Waals surface area contributed by atoms with Gasteiger partial charge in [-0.2, -0.15) is 4.98 Å². The summed E-state index contributed by atoms with van der Waals surface area (Å²) in [6.07, 6.45) is 2.78. The van der Waals surface area contributed by atoms with Gasteiger partial charge in [0.1, 0.15) is 5.75 Å². The standard InChI is InChI=1S/C30H29Cl3N4O4.ClH/c31-22-9-7-21(8-10-22)30(39)35-26(3-1-2-15-34)28(38)29-36-27(41-37-29)18-19-4-11-23(12-5-19)40-16-14-20-6-13-24(32)25(33)17-20;/h4-13,17,26H,1-3,14-16,18,34H2,(H,35,39);1H/t26-;/m0./s1. The second kappa shape index (κ2) is 16.5. The SMILES string of the molecule is Cl.NCCCC[C@H](NC(=O)c1ccc(Cl)cc1)C(=O)c1noc(Cc2ccc(OCCc3ccc(Cl)c(Cl)c3)cc2)n1. The highest BCUT2D eigenvalue weighted by Gasteiger charge is 2.26. The lowest BCUT2D eigenvalue weighted by Crippen LogP contribution is -2.41. The van der Waals surface area contributed by atoms with Gasteiger partial charge in [-0.15, -0.1) is 12.4 Å². The Hall–Kier alpha value is -3.14. The molecule has 0 aliphatic carbocycles. The molecule has 0 bridgehead atoms. The lowest BCUT2D eigenvalue weighted by molar-refractivity contribution is 0.0843. The summed E-state index contributed by atoms with van der Waals surface area (Å²) in [5, 5.41) is 8.22.